The molecule has 0 saturated carbocycles. The van der Waals surface area contributed by atoms with Gasteiger partial charge in [-0.05, 0) is 23.5 Å². The predicted molar refractivity (Wildman–Crippen MR) is 78.5 cm³/mol. The van der Waals surface area contributed by atoms with Gasteiger partial charge in [-0.2, -0.15) is 0 Å². The number of hydrogen-bond acceptors (Lipinski definition) is 3. The van der Waals surface area contributed by atoms with E-state index in [1.165, 1.54) is 0 Å². The molecule has 1 aromatic rings. The van der Waals surface area contributed by atoms with Crippen LogP contribution in [0.25, 0.3) is 0 Å². The van der Waals surface area contributed by atoms with Crippen molar-refractivity contribution in [2.24, 2.45) is 0 Å². The van der Waals surface area contributed by atoms with E-state index in [0.29, 0.717) is 5.69 Å². The fraction of sp³-hybridized carbons (Fsp3) is 0.688. The maximum Gasteiger partial charge on any atom is 0.145 e. The molecular weight excluding hydrogens is 255 g/mol. The van der Waals surface area contributed by atoms with Gasteiger partial charge in [0, 0.05) is 19.6 Å². The molecule has 0 atom stereocenters. The maximum atomic E-state index is 14.1. The first-order chi connectivity index (χ1) is 9.49. The lowest BCUT2D eigenvalue weighted by atomic mass is 9.98. The molecule has 1 fully saturated rings. The summed E-state index contributed by atoms with van der Waals surface area (Å²) in [6, 6.07) is 1.68. The van der Waals surface area contributed by atoms with Crippen LogP contribution >= 0.6 is 0 Å². The summed E-state index contributed by atoms with van der Waals surface area (Å²) < 4.78 is 19.5. The fourth-order valence-corrected chi connectivity index (χ4v) is 2.56. The molecule has 2 heterocycles. The van der Waals surface area contributed by atoms with Gasteiger partial charge in [-0.15, -0.1) is 0 Å². The zero-order valence-electron chi connectivity index (χ0n) is 12.9. The molecule has 0 radical (unpaired) electrons. The van der Waals surface area contributed by atoms with Crippen molar-refractivity contribution >= 4 is 0 Å². The van der Waals surface area contributed by atoms with Gasteiger partial charge < -0.3 is 4.74 Å². The highest BCUT2D eigenvalue weighted by atomic mass is 19.1. The van der Waals surface area contributed by atoms with Crippen molar-refractivity contribution in [2.45, 2.75) is 46.1 Å². The molecule has 0 unspecified atom stereocenters. The number of pyridine rings is 1. The molecule has 0 amide bonds. The minimum atomic E-state index is -0.172. The minimum absolute atomic E-state index is 0.111. The van der Waals surface area contributed by atoms with Gasteiger partial charge in [0.15, 0.2) is 0 Å². The van der Waals surface area contributed by atoms with Crippen LogP contribution in [0.15, 0.2) is 6.07 Å². The third kappa shape index (κ3) is 3.55. The van der Waals surface area contributed by atoms with E-state index in [2.05, 4.69) is 23.7 Å². The highest BCUT2D eigenvalue weighted by molar-refractivity contribution is 5.28. The Morgan fingerprint density at radius 3 is 2.40 bits per heavy atom. The molecule has 0 bridgehead atoms. The molecule has 2 rings (SSSR count). The lowest BCUT2D eigenvalue weighted by Gasteiger charge is -2.28. The zero-order chi connectivity index (χ0) is 14.7. The Morgan fingerprint density at radius 1 is 1.20 bits per heavy atom. The largest absolute Gasteiger partial charge is 0.379 e. The molecule has 3 nitrogen and oxygen atoms in total. The third-order valence-electron chi connectivity index (χ3n) is 3.76. The number of nitrogens with zero attached hydrogens (tertiary/aromatic N) is 2. The van der Waals surface area contributed by atoms with E-state index in [9.17, 15) is 4.39 Å². The second-order valence-electron chi connectivity index (χ2n) is 6.09. The second kappa shape index (κ2) is 6.64. The van der Waals surface area contributed by atoms with Crippen LogP contribution in [0.3, 0.4) is 0 Å². The Morgan fingerprint density at radius 2 is 1.85 bits per heavy atom. The Kier molecular flexibility index (Phi) is 5.11. The van der Waals surface area contributed by atoms with Gasteiger partial charge >= 0.3 is 0 Å². The molecule has 1 saturated heterocycles. The van der Waals surface area contributed by atoms with Gasteiger partial charge in [0.1, 0.15) is 5.82 Å². The van der Waals surface area contributed by atoms with Crippen molar-refractivity contribution in [3.05, 3.63) is 28.8 Å². The quantitative estimate of drug-likeness (QED) is 0.846. The van der Waals surface area contributed by atoms with E-state index in [-0.39, 0.29) is 17.7 Å². The summed E-state index contributed by atoms with van der Waals surface area (Å²) in [5, 5.41) is 0. The summed E-state index contributed by atoms with van der Waals surface area (Å²) >= 11 is 0. The van der Waals surface area contributed by atoms with Crippen LogP contribution < -0.4 is 0 Å². The van der Waals surface area contributed by atoms with E-state index in [1.807, 2.05) is 13.8 Å². The Balaban J connectivity index is 2.29. The highest BCUT2D eigenvalue weighted by Gasteiger charge is 2.19. The van der Waals surface area contributed by atoms with Gasteiger partial charge in [0.05, 0.1) is 24.6 Å². The molecular formula is C16H25FN2O. The zero-order valence-corrected chi connectivity index (χ0v) is 12.9. The molecule has 4 heteroatoms. The highest BCUT2D eigenvalue weighted by Crippen LogP contribution is 2.25. The van der Waals surface area contributed by atoms with Gasteiger partial charge in [-0.3, -0.25) is 9.88 Å². The molecule has 20 heavy (non-hydrogen) atoms. The van der Waals surface area contributed by atoms with Crippen LogP contribution in [0.5, 0.6) is 0 Å². The average molecular weight is 280 g/mol. The summed E-state index contributed by atoms with van der Waals surface area (Å²) in [6.45, 7) is 12.3. The van der Waals surface area contributed by atoms with E-state index < -0.39 is 0 Å². The Hall–Kier alpha value is -1.00. The number of hydrogen-bond donors (Lipinski definition) is 0. The van der Waals surface area contributed by atoms with E-state index >= 15 is 0 Å². The summed E-state index contributed by atoms with van der Waals surface area (Å²) in [4.78, 5) is 6.96. The van der Waals surface area contributed by atoms with Crippen LogP contribution in [0.1, 0.15) is 56.5 Å². The monoisotopic (exact) mass is 280 g/mol. The van der Waals surface area contributed by atoms with Crippen molar-refractivity contribution in [1.82, 2.24) is 9.88 Å². The van der Waals surface area contributed by atoms with Gasteiger partial charge in [-0.1, -0.05) is 27.7 Å². The molecule has 1 aromatic heterocycles. The second-order valence-corrected chi connectivity index (χ2v) is 6.09. The van der Waals surface area contributed by atoms with Crippen molar-refractivity contribution in [1.29, 1.82) is 0 Å². The molecule has 0 aliphatic carbocycles. The van der Waals surface area contributed by atoms with Gasteiger partial charge in [0.2, 0.25) is 0 Å². The summed E-state index contributed by atoms with van der Waals surface area (Å²) in [7, 11) is 0. The topological polar surface area (TPSA) is 25.4 Å². The van der Waals surface area contributed by atoms with Gasteiger partial charge in [0.25, 0.3) is 0 Å². The average Bonchev–Trinajstić information content (AvgIpc) is 2.41. The third-order valence-corrected chi connectivity index (χ3v) is 3.76. The molecule has 0 aromatic carbocycles. The number of morpholine rings is 1. The first-order valence-electron chi connectivity index (χ1n) is 7.48. The first-order valence-corrected chi connectivity index (χ1v) is 7.48. The number of ether oxygens (including phenoxy) is 1. The van der Waals surface area contributed by atoms with Gasteiger partial charge in [-0.25, -0.2) is 4.39 Å². The number of aromatic nitrogens is 1. The SMILES string of the molecule is CC(C)c1cc(F)c(C(C)C)nc1CN1CCOCC1. The van der Waals surface area contributed by atoms with Crippen LogP contribution in [0.4, 0.5) is 4.39 Å². The van der Waals surface area contributed by atoms with Crippen molar-refractivity contribution in [2.75, 3.05) is 26.3 Å². The Bertz CT molecular complexity index is 454. The maximum absolute atomic E-state index is 14.1. The van der Waals surface area contributed by atoms with Crippen LogP contribution in [0.2, 0.25) is 0 Å². The van der Waals surface area contributed by atoms with Crippen molar-refractivity contribution < 1.29 is 9.13 Å². The lowest BCUT2D eigenvalue weighted by molar-refractivity contribution is 0.0334. The standard InChI is InChI=1S/C16H25FN2O/c1-11(2)13-9-14(17)16(12(3)4)18-15(13)10-19-5-7-20-8-6-19/h9,11-12H,5-8,10H2,1-4H3. The van der Waals surface area contributed by atoms with E-state index in [4.69, 9.17) is 4.74 Å². The molecule has 112 valence electrons. The normalized spacial score (nSPS) is 17.1. The smallest absolute Gasteiger partial charge is 0.145 e. The molecule has 1 aliphatic rings. The molecule has 0 spiro atoms. The molecule has 0 N–H and O–H groups in total. The lowest BCUT2D eigenvalue weighted by Crippen LogP contribution is -2.36. The molecule has 1 aliphatic heterocycles. The Labute approximate surface area is 121 Å². The van der Waals surface area contributed by atoms with Crippen molar-refractivity contribution in [3.8, 4) is 0 Å². The predicted octanol–water partition coefficient (Wildman–Crippen LogP) is 3.30. The van der Waals surface area contributed by atoms with Crippen molar-refractivity contribution in [3.63, 3.8) is 0 Å². The summed E-state index contributed by atoms with van der Waals surface area (Å²) in [5.41, 5.74) is 2.63. The van der Waals surface area contributed by atoms with E-state index in [1.54, 1.807) is 6.07 Å². The van der Waals surface area contributed by atoms with Crippen LogP contribution in [-0.2, 0) is 11.3 Å². The van der Waals surface area contributed by atoms with Crippen LogP contribution in [0, 0.1) is 5.82 Å². The van der Waals surface area contributed by atoms with Crippen LogP contribution in [-0.4, -0.2) is 36.2 Å². The van der Waals surface area contributed by atoms with E-state index in [0.717, 1.165) is 44.1 Å². The summed E-state index contributed by atoms with van der Waals surface area (Å²) in [6.07, 6.45) is 0. The fourth-order valence-electron chi connectivity index (χ4n) is 2.56. The minimum Gasteiger partial charge on any atom is -0.379 e. The number of halogens is 1. The number of rotatable bonds is 4. The summed E-state index contributed by atoms with van der Waals surface area (Å²) in [5.74, 6) is 0.225. The first kappa shape index (κ1) is 15.4.